The molecule has 0 fully saturated rings. The molecule has 1 aromatic heterocycles. The zero-order chi connectivity index (χ0) is 50.3. The highest BCUT2D eigenvalue weighted by Crippen LogP contribution is 2.48. The predicted octanol–water partition coefficient (Wildman–Crippen LogP) is 20.0. The van der Waals surface area contributed by atoms with Crippen LogP contribution in [0.3, 0.4) is 0 Å². The van der Waals surface area contributed by atoms with E-state index < -0.39 is 0 Å². The van der Waals surface area contributed by atoms with Crippen LogP contribution in [0.2, 0.25) is 5.02 Å². The van der Waals surface area contributed by atoms with E-state index in [1.807, 2.05) is 6.07 Å². The molecule has 2 nitrogen and oxygen atoms in total. The number of halogens is 1. The second-order valence-corrected chi connectivity index (χ2v) is 20.0. The van der Waals surface area contributed by atoms with E-state index in [4.69, 9.17) is 11.6 Å². The first kappa shape index (κ1) is 46.4. The Morgan fingerprint density at radius 1 is 0.351 bits per heavy atom. The van der Waals surface area contributed by atoms with E-state index in [0.717, 1.165) is 56.0 Å². The summed E-state index contributed by atoms with van der Waals surface area (Å²) < 4.78 is 2.51. The minimum absolute atomic E-state index is 0.272. The monoisotopic (exact) mass is 970 g/mol. The first-order chi connectivity index (χ1) is 36.3. The Kier molecular flexibility index (Phi) is 12.4. The lowest BCUT2D eigenvalue weighted by atomic mass is 9.77. The zero-order valence-corrected chi connectivity index (χ0v) is 42.9. The predicted molar refractivity (Wildman–Crippen MR) is 315 cm³/mol. The Morgan fingerprint density at radius 2 is 0.797 bits per heavy atom. The lowest BCUT2D eigenvalue weighted by Crippen LogP contribution is -2.13. The van der Waals surface area contributed by atoms with Crippen molar-refractivity contribution in [3.05, 3.63) is 299 Å². The third kappa shape index (κ3) is 8.57. The molecule has 0 aliphatic rings. The average Bonchev–Trinajstić information content (AvgIpc) is 3.75. The van der Waals surface area contributed by atoms with Crippen molar-refractivity contribution >= 4 is 50.5 Å². The van der Waals surface area contributed by atoms with Crippen molar-refractivity contribution in [3.8, 4) is 50.2 Å². The van der Waals surface area contributed by atoms with Crippen LogP contribution in [0.15, 0.2) is 255 Å². The van der Waals surface area contributed by atoms with Gasteiger partial charge in [-0.15, -0.1) is 0 Å². The summed E-state index contributed by atoms with van der Waals surface area (Å²) in [6.07, 6.45) is 0. The van der Waals surface area contributed by atoms with Gasteiger partial charge in [-0.3, -0.25) is 0 Å². The molecule has 12 aromatic rings. The van der Waals surface area contributed by atoms with Crippen LogP contribution in [0.1, 0.15) is 44.9 Å². The summed E-state index contributed by atoms with van der Waals surface area (Å²) in [6.45, 7) is 8.90. The van der Waals surface area contributed by atoms with E-state index in [9.17, 15) is 0 Å². The maximum absolute atomic E-state index is 7.10. The summed E-state index contributed by atoms with van der Waals surface area (Å²) in [6, 6.07) is 93.1. The zero-order valence-electron chi connectivity index (χ0n) is 42.1. The first-order valence-corrected chi connectivity index (χ1v) is 25.9. The average molecular weight is 972 g/mol. The van der Waals surface area contributed by atoms with E-state index >= 15 is 0 Å². The summed E-state index contributed by atoms with van der Waals surface area (Å²) >= 11 is 7.10. The fourth-order valence-corrected chi connectivity index (χ4v) is 11.8. The quantitative estimate of drug-likeness (QED) is 0.117. The molecule has 74 heavy (non-hydrogen) atoms. The Labute approximate surface area is 440 Å². The minimum Gasteiger partial charge on any atom is -0.310 e. The Balaban J connectivity index is 1.21. The van der Waals surface area contributed by atoms with Crippen molar-refractivity contribution < 1.29 is 0 Å². The van der Waals surface area contributed by atoms with Gasteiger partial charge in [0.2, 0.25) is 0 Å². The molecule has 0 saturated carbocycles. The maximum atomic E-state index is 7.10. The summed E-state index contributed by atoms with van der Waals surface area (Å²) in [4.78, 5) is 2.40. The molecule has 0 aliphatic heterocycles. The Morgan fingerprint density at radius 3 is 1.27 bits per heavy atom. The summed E-state index contributed by atoms with van der Waals surface area (Å²) in [7, 11) is 0. The van der Waals surface area contributed by atoms with Crippen molar-refractivity contribution in [1.82, 2.24) is 4.57 Å². The molecule has 0 radical (unpaired) electrons. The van der Waals surface area contributed by atoms with Gasteiger partial charge in [-0.2, -0.15) is 0 Å². The molecule has 356 valence electrons. The normalized spacial score (nSPS) is 11.8. The van der Waals surface area contributed by atoms with Gasteiger partial charge < -0.3 is 9.47 Å². The van der Waals surface area contributed by atoms with Crippen LogP contribution in [0, 0.1) is 27.7 Å². The summed E-state index contributed by atoms with van der Waals surface area (Å²) in [5.74, 6) is -0.272. The van der Waals surface area contributed by atoms with Gasteiger partial charge in [0.25, 0.3) is 0 Å². The molecule has 1 unspecified atom stereocenters. The number of benzene rings is 11. The topological polar surface area (TPSA) is 8.17 Å². The van der Waals surface area contributed by atoms with Gasteiger partial charge in [-0.05, 0) is 190 Å². The van der Waals surface area contributed by atoms with E-state index in [0.29, 0.717) is 5.02 Å². The van der Waals surface area contributed by atoms with Gasteiger partial charge in [0.1, 0.15) is 0 Å². The van der Waals surface area contributed by atoms with Gasteiger partial charge in [-0.1, -0.05) is 188 Å². The third-order valence-corrected chi connectivity index (χ3v) is 15.1. The Bertz CT molecular complexity index is 3760. The van der Waals surface area contributed by atoms with E-state index in [1.165, 1.54) is 72.0 Å². The number of aromatic nitrogens is 1. The largest absolute Gasteiger partial charge is 0.310 e. The lowest BCUT2D eigenvalue weighted by Gasteiger charge is -2.30. The van der Waals surface area contributed by atoms with Crippen molar-refractivity contribution in [3.63, 3.8) is 0 Å². The van der Waals surface area contributed by atoms with Crippen LogP contribution in [0.25, 0.3) is 72.0 Å². The van der Waals surface area contributed by atoms with Crippen LogP contribution in [0.5, 0.6) is 0 Å². The van der Waals surface area contributed by atoms with E-state index in [-0.39, 0.29) is 5.92 Å². The number of para-hydroxylation sites is 2. The van der Waals surface area contributed by atoms with Crippen molar-refractivity contribution in [1.29, 1.82) is 0 Å². The number of anilines is 3. The van der Waals surface area contributed by atoms with Crippen LogP contribution >= 0.6 is 11.6 Å². The summed E-state index contributed by atoms with van der Waals surface area (Å²) in [5.41, 5.74) is 24.6. The van der Waals surface area contributed by atoms with Gasteiger partial charge >= 0.3 is 0 Å². The third-order valence-electron chi connectivity index (χ3n) is 14.9. The lowest BCUT2D eigenvalue weighted by molar-refractivity contribution is 0.974. The van der Waals surface area contributed by atoms with Crippen LogP contribution in [0.4, 0.5) is 17.1 Å². The SMILES string of the molecule is Cc1cccc(C)c1-c1ccc2c(c1)c1cc(-c3c(C)cccc3C)ccc1n2-c1cc(C(c2cccc(Cl)c2)c2c(-c3ccccc3)cccc2-c2ccccc2)cc(N(c2ccccc2)c2ccccc2)c1. The van der Waals surface area contributed by atoms with Gasteiger partial charge in [0, 0.05) is 44.5 Å². The molecule has 0 N–H and O–H groups in total. The van der Waals surface area contributed by atoms with Crippen LogP contribution < -0.4 is 4.90 Å². The minimum atomic E-state index is -0.272. The molecule has 0 aliphatic carbocycles. The standard InChI is InChI=1S/C71H55ClN2/c1-47-21-17-22-48(2)68(47)54-37-39-66-64(44-54)65-45-55(69-49(3)23-18-24-50(69)4)38-40-67(65)74(66)61-43-56(42-60(46-61)73(58-31-13-7-14-32-58)59-33-15-8-16-34-59)70(53-29-19-30-57(72)41-53)71-62(51-25-9-5-10-26-51)35-20-36-63(71)52-27-11-6-12-28-52/h5-46,70H,1-4H3. The second-order valence-electron chi connectivity index (χ2n) is 19.6. The number of aryl methyl sites for hydroxylation is 4. The van der Waals surface area contributed by atoms with Crippen molar-refractivity contribution in [2.45, 2.75) is 33.6 Å². The molecular weight excluding hydrogens is 916 g/mol. The number of hydrogen-bond acceptors (Lipinski definition) is 1. The highest BCUT2D eigenvalue weighted by atomic mass is 35.5. The first-order valence-electron chi connectivity index (χ1n) is 25.6. The molecule has 0 spiro atoms. The van der Waals surface area contributed by atoms with E-state index in [2.05, 4.69) is 286 Å². The highest BCUT2D eigenvalue weighted by molar-refractivity contribution is 6.30. The molecule has 0 amide bonds. The van der Waals surface area contributed by atoms with Crippen molar-refractivity contribution in [2.75, 3.05) is 4.90 Å². The van der Waals surface area contributed by atoms with Gasteiger partial charge in [0.05, 0.1) is 11.0 Å². The maximum Gasteiger partial charge on any atom is 0.0541 e. The van der Waals surface area contributed by atoms with Gasteiger partial charge in [-0.25, -0.2) is 0 Å². The molecule has 0 bridgehead atoms. The molecule has 11 aromatic carbocycles. The van der Waals surface area contributed by atoms with Gasteiger partial charge in [0.15, 0.2) is 0 Å². The fourth-order valence-electron chi connectivity index (χ4n) is 11.6. The summed E-state index contributed by atoms with van der Waals surface area (Å²) in [5, 5.41) is 3.10. The molecule has 1 heterocycles. The molecule has 12 rings (SSSR count). The second kappa shape index (κ2) is 19.7. The highest BCUT2D eigenvalue weighted by Gasteiger charge is 2.28. The van der Waals surface area contributed by atoms with Crippen molar-refractivity contribution in [2.24, 2.45) is 0 Å². The molecule has 0 saturated heterocycles. The number of rotatable bonds is 11. The molecular formula is C71H55ClN2. The number of hydrogen-bond donors (Lipinski definition) is 0. The molecule has 3 heteroatoms. The smallest absolute Gasteiger partial charge is 0.0541 e. The molecule has 1 atom stereocenters. The van der Waals surface area contributed by atoms with Crippen LogP contribution in [-0.4, -0.2) is 4.57 Å². The number of nitrogens with zero attached hydrogens (tertiary/aromatic N) is 2. The fraction of sp³-hybridized carbons (Fsp3) is 0.0704. The Hall–Kier alpha value is -8.69. The van der Waals surface area contributed by atoms with Crippen LogP contribution in [-0.2, 0) is 0 Å². The van der Waals surface area contributed by atoms with E-state index in [1.54, 1.807) is 0 Å². The number of fused-ring (bicyclic) bond motifs is 3.